The molecule has 0 saturated heterocycles. The maximum atomic E-state index is 8.56. The molecule has 0 N–H and O–H groups in total. The first-order valence-corrected chi connectivity index (χ1v) is 3.47. The number of nitriles is 1. The number of rotatable bonds is 1. The van der Waals surface area contributed by atoms with Crippen LogP contribution in [-0.4, -0.2) is 24.7 Å². The predicted octanol–water partition coefficient (Wildman–Crippen LogP) is -0.0710. The van der Waals surface area contributed by atoms with Gasteiger partial charge in [0.1, 0.15) is 18.7 Å². The Bertz CT molecular complexity index is 440. The lowest BCUT2D eigenvalue weighted by atomic mass is 10.5. The van der Waals surface area contributed by atoms with Crippen molar-refractivity contribution < 1.29 is 0 Å². The van der Waals surface area contributed by atoms with Crippen LogP contribution in [0.25, 0.3) is 5.82 Å². The summed E-state index contributed by atoms with van der Waals surface area (Å²) >= 11 is 0. The summed E-state index contributed by atoms with van der Waals surface area (Å²) < 4.78 is 1.44. The van der Waals surface area contributed by atoms with Gasteiger partial charge in [0.05, 0.1) is 12.4 Å². The minimum atomic E-state index is 0.257. The zero-order valence-electron chi connectivity index (χ0n) is 6.49. The fraction of sp³-hybridized carbons (Fsp3) is 0. The highest BCUT2D eigenvalue weighted by Crippen LogP contribution is 1.99. The molecule has 6 heteroatoms. The summed E-state index contributed by atoms with van der Waals surface area (Å²) in [5, 5.41) is 12.4. The Kier molecular flexibility index (Phi) is 1.69. The van der Waals surface area contributed by atoms with E-state index in [0.717, 1.165) is 0 Å². The number of aromatic nitrogens is 5. The fourth-order valence-electron chi connectivity index (χ4n) is 0.846. The van der Waals surface area contributed by atoms with Crippen molar-refractivity contribution in [3.63, 3.8) is 0 Å². The summed E-state index contributed by atoms with van der Waals surface area (Å²) in [5.74, 6) is 0.483. The van der Waals surface area contributed by atoms with Crippen LogP contribution in [0.4, 0.5) is 0 Å². The van der Waals surface area contributed by atoms with E-state index in [9.17, 15) is 0 Å². The lowest BCUT2D eigenvalue weighted by molar-refractivity contribution is 0.833. The van der Waals surface area contributed by atoms with Crippen molar-refractivity contribution in [2.45, 2.75) is 0 Å². The molecule has 0 aliphatic carbocycles. The van der Waals surface area contributed by atoms with Gasteiger partial charge in [-0.3, -0.25) is 4.98 Å². The Morgan fingerprint density at radius 2 is 2.23 bits per heavy atom. The van der Waals surface area contributed by atoms with Crippen LogP contribution in [0.5, 0.6) is 0 Å². The van der Waals surface area contributed by atoms with Gasteiger partial charge in [0.25, 0.3) is 0 Å². The van der Waals surface area contributed by atoms with Gasteiger partial charge in [0.2, 0.25) is 0 Å². The van der Waals surface area contributed by atoms with Gasteiger partial charge in [-0.15, -0.1) is 0 Å². The van der Waals surface area contributed by atoms with Crippen molar-refractivity contribution in [2.24, 2.45) is 0 Å². The standard InChI is InChI=1S/C7H4N6/c8-1-6-2-9-3-7(12-6)13-5-10-4-11-13/h2-5H. The van der Waals surface area contributed by atoms with Crippen LogP contribution in [0.3, 0.4) is 0 Å². The molecule has 0 spiro atoms. The molecule has 0 radical (unpaired) electrons. The molecule has 2 aromatic heterocycles. The summed E-state index contributed by atoms with van der Waals surface area (Å²) in [6.07, 6.45) is 5.78. The minimum Gasteiger partial charge on any atom is -0.258 e. The first kappa shape index (κ1) is 7.36. The molecule has 0 aromatic carbocycles. The molecule has 0 unspecified atom stereocenters. The van der Waals surface area contributed by atoms with Crippen molar-refractivity contribution in [3.8, 4) is 11.9 Å². The summed E-state index contributed by atoms with van der Waals surface area (Å²) in [4.78, 5) is 11.6. The average Bonchev–Trinajstić information content (AvgIpc) is 2.71. The van der Waals surface area contributed by atoms with Gasteiger partial charge in [-0.1, -0.05) is 0 Å². The molecule has 0 aliphatic rings. The maximum absolute atomic E-state index is 8.56. The largest absolute Gasteiger partial charge is 0.258 e. The van der Waals surface area contributed by atoms with Crippen molar-refractivity contribution in [2.75, 3.05) is 0 Å². The molecule has 62 valence electrons. The second kappa shape index (κ2) is 2.98. The van der Waals surface area contributed by atoms with Crippen LogP contribution in [0.1, 0.15) is 5.69 Å². The van der Waals surface area contributed by atoms with Gasteiger partial charge in [-0.25, -0.2) is 14.6 Å². The van der Waals surface area contributed by atoms with Gasteiger partial charge in [0.15, 0.2) is 11.5 Å². The van der Waals surface area contributed by atoms with E-state index in [1.165, 1.54) is 29.7 Å². The minimum absolute atomic E-state index is 0.257. The van der Waals surface area contributed by atoms with Crippen molar-refractivity contribution in [3.05, 3.63) is 30.7 Å². The molecule has 0 fully saturated rings. The molecule has 0 aliphatic heterocycles. The molecule has 2 rings (SSSR count). The van der Waals surface area contributed by atoms with E-state index < -0.39 is 0 Å². The molecule has 0 bridgehead atoms. The fourth-order valence-corrected chi connectivity index (χ4v) is 0.846. The van der Waals surface area contributed by atoms with Crippen molar-refractivity contribution in [1.82, 2.24) is 24.7 Å². The Morgan fingerprint density at radius 1 is 1.31 bits per heavy atom. The van der Waals surface area contributed by atoms with Crippen LogP contribution in [0.2, 0.25) is 0 Å². The monoisotopic (exact) mass is 172 g/mol. The Labute approximate surface area is 73.5 Å². The van der Waals surface area contributed by atoms with Crippen LogP contribution >= 0.6 is 0 Å². The second-order valence-electron chi connectivity index (χ2n) is 2.21. The topological polar surface area (TPSA) is 80.3 Å². The molecule has 0 atom stereocenters. The van der Waals surface area contributed by atoms with Gasteiger partial charge >= 0.3 is 0 Å². The quantitative estimate of drug-likeness (QED) is 0.601. The van der Waals surface area contributed by atoms with E-state index in [0.29, 0.717) is 5.82 Å². The third-order valence-electron chi connectivity index (χ3n) is 1.39. The first-order chi connectivity index (χ1) is 6.40. The molecule has 2 heterocycles. The van der Waals surface area contributed by atoms with Crippen LogP contribution in [0, 0.1) is 11.3 Å². The third kappa shape index (κ3) is 1.35. The van der Waals surface area contributed by atoms with E-state index in [2.05, 4.69) is 20.1 Å². The molecule has 6 nitrogen and oxygen atoms in total. The van der Waals surface area contributed by atoms with Gasteiger partial charge in [-0.05, 0) is 0 Å². The first-order valence-electron chi connectivity index (χ1n) is 3.47. The zero-order valence-corrected chi connectivity index (χ0v) is 6.49. The number of hydrogen-bond acceptors (Lipinski definition) is 5. The Balaban J connectivity index is 2.49. The molecule has 13 heavy (non-hydrogen) atoms. The van der Waals surface area contributed by atoms with E-state index >= 15 is 0 Å². The second-order valence-corrected chi connectivity index (χ2v) is 2.21. The van der Waals surface area contributed by atoms with Gasteiger partial charge in [0, 0.05) is 0 Å². The highest BCUT2D eigenvalue weighted by Gasteiger charge is 1.99. The highest BCUT2D eigenvalue weighted by molar-refractivity contribution is 5.23. The van der Waals surface area contributed by atoms with E-state index in [1.807, 2.05) is 6.07 Å². The number of hydrogen-bond donors (Lipinski definition) is 0. The van der Waals surface area contributed by atoms with E-state index in [4.69, 9.17) is 5.26 Å². The Morgan fingerprint density at radius 3 is 2.92 bits per heavy atom. The summed E-state index contributed by atoms with van der Waals surface area (Å²) in [7, 11) is 0. The summed E-state index contributed by atoms with van der Waals surface area (Å²) in [6, 6.07) is 1.89. The summed E-state index contributed by atoms with van der Waals surface area (Å²) in [6.45, 7) is 0. The lowest BCUT2D eigenvalue weighted by Gasteiger charge is -1.96. The van der Waals surface area contributed by atoms with Gasteiger partial charge in [-0.2, -0.15) is 10.4 Å². The Hall–Kier alpha value is -2.29. The smallest absolute Gasteiger partial charge is 0.174 e. The van der Waals surface area contributed by atoms with E-state index in [-0.39, 0.29) is 5.69 Å². The maximum Gasteiger partial charge on any atom is 0.174 e. The SMILES string of the molecule is N#Cc1cncc(-n2cncn2)n1. The third-order valence-corrected chi connectivity index (χ3v) is 1.39. The normalized spacial score (nSPS) is 9.46. The van der Waals surface area contributed by atoms with Crippen LogP contribution in [0.15, 0.2) is 25.0 Å². The van der Waals surface area contributed by atoms with Gasteiger partial charge < -0.3 is 0 Å². The molecular weight excluding hydrogens is 168 g/mol. The predicted molar refractivity (Wildman–Crippen MR) is 41.7 cm³/mol. The zero-order chi connectivity index (χ0) is 9.10. The molecular formula is C7H4N6. The van der Waals surface area contributed by atoms with Crippen molar-refractivity contribution in [1.29, 1.82) is 5.26 Å². The van der Waals surface area contributed by atoms with Crippen LogP contribution in [-0.2, 0) is 0 Å². The summed E-state index contributed by atoms with van der Waals surface area (Å²) in [5.41, 5.74) is 0.257. The molecule has 0 saturated carbocycles. The van der Waals surface area contributed by atoms with Crippen molar-refractivity contribution >= 4 is 0 Å². The lowest BCUT2D eigenvalue weighted by Crippen LogP contribution is -2.00. The van der Waals surface area contributed by atoms with E-state index in [1.54, 1.807) is 0 Å². The highest BCUT2D eigenvalue weighted by atomic mass is 15.3. The number of nitrogens with zero attached hydrogens (tertiary/aromatic N) is 6. The molecule has 0 amide bonds. The molecule has 2 aromatic rings. The average molecular weight is 172 g/mol. The van der Waals surface area contributed by atoms with Crippen LogP contribution < -0.4 is 0 Å².